The highest BCUT2D eigenvalue weighted by Crippen LogP contribution is 2.14. The monoisotopic (exact) mass is 266 g/mol. The molecule has 0 aromatic carbocycles. The molecular formula is C11H18N6O2. The van der Waals surface area contributed by atoms with Crippen molar-refractivity contribution in [2.24, 2.45) is 11.8 Å². The van der Waals surface area contributed by atoms with Crippen molar-refractivity contribution in [3.8, 4) is 0 Å². The Bertz CT molecular complexity index is 588. The first kappa shape index (κ1) is 14.9. The molecular weight excluding hydrogens is 248 g/mol. The average molecular weight is 266 g/mol. The van der Waals surface area contributed by atoms with Gasteiger partial charge in [0.2, 0.25) is 5.95 Å². The first-order valence-electron chi connectivity index (χ1n) is 5.78. The Morgan fingerprint density at radius 1 is 1.47 bits per heavy atom. The van der Waals surface area contributed by atoms with Gasteiger partial charge in [-0.2, -0.15) is 4.98 Å². The molecule has 7 N–H and O–H groups in total. The summed E-state index contributed by atoms with van der Waals surface area (Å²) >= 11 is 0. The van der Waals surface area contributed by atoms with E-state index in [1.807, 2.05) is 0 Å². The van der Waals surface area contributed by atoms with Crippen molar-refractivity contribution in [3.63, 3.8) is 0 Å². The maximum atomic E-state index is 11.0. The largest absolute Gasteiger partial charge is 0.369 e. The van der Waals surface area contributed by atoms with Crippen molar-refractivity contribution >= 4 is 17.1 Å². The van der Waals surface area contributed by atoms with Crippen LogP contribution >= 0.6 is 0 Å². The molecule has 0 unspecified atom stereocenters. The predicted octanol–water partition coefficient (Wildman–Crippen LogP) is 0.535. The fourth-order valence-corrected chi connectivity index (χ4v) is 1.64. The molecule has 1 aliphatic carbocycles. The summed E-state index contributed by atoms with van der Waals surface area (Å²) in [5.41, 5.74) is 5.65. The number of aromatic nitrogens is 4. The van der Waals surface area contributed by atoms with Crippen molar-refractivity contribution in [3.05, 3.63) is 28.8 Å². The number of imidazole rings is 1. The Balaban J connectivity index is 0.000000192. The molecule has 19 heavy (non-hydrogen) atoms. The fraction of sp³-hybridized carbons (Fsp3) is 0.364. The first-order valence-corrected chi connectivity index (χ1v) is 5.78. The lowest BCUT2D eigenvalue weighted by molar-refractivity contribution is 0.311. The highest BCUT2D eigenvalue weighted by molar-refractivity contribution is 5.69. The van der Waals surface area contributed by atoms with Crippen LogP contribution < -0.4 is 17.2 Å². The summed E-state index contributed by atoms with van der Waals surface area (Å²) in [6.07, 6.45) is 8.61. The van der Waals surface area contributed by atoms with Crippen LogP contribution in [-0.4, -0.2) is 25.1 Å². The number of fused-ring (bicyclic) bond motifs is 1. The molecule has 2 aromatic rings. The molecule has 3 rings (SSSR count). The molecule has 1 aliphatic rings. The first-order chi connectivity index (χ1) is 9.16. The van der Waals surface area contributed by atoms with Crippen molar-refractivity contribution in [1.82, 2.24) is 19.9 Å². The lowest BCUT2D eigenvalue weighted by atomic mass is 10.2. The van der Waals surface area contributed by atoms with Gasteiger partial charge in [-0.25, -0.2) is 10.9 Å². The van der Waals surface area contributed by atoms with Gasteiger partial charge >= 0.3 is 0 Å². The zero-order valence-corrected chi connectivity index (χ0v) is 10.6. The van der Waals surface area contributed by atoms with Crippen LogP contribution in [0.15, 0.2) is 23.3 Å². The van der Waals surface area contributed by atoms with Gasteiger partial charge in [-0.05, 0) is 18.8 Å². The molecule has 1 atom stereocenters. The number of aromatic amines is 2. The molecule has 0 saturated heterocycles. The number of nitrogens with zero attached hydrogens (tertiary/aromatic N) is 2. The topological polar surface area (TPSA) is 147 Å². The molecule has 2 aromatic heterocycles. The highest BCUT2D eigenvalue weighted by Gasteiger charge is 2.01. The number of hydrogen-bond donors (Lipinski definition) is 5. The smallest absolute Gasteiger partial charge is 0.278 e. The van der Waals surface area contributed by atoms with Crippen LogP contribution in [0.3, 0.4) is 0 Å². The van der Waals surface area contributed by atoms with E-state index < -0.39 is 0 Å². The van der Waals surface area contributed by atoms with E-state index in [9.17, 15) is 4.79 Å². The van der Waals surface area contributed by atoms with Crippen LogP contribution in [0, 0.1) is 5.92 Å². The van der Waals surface area contributed by atoms with E-state index >= 15 is 0 Å². The molecule has 0 radical (unpaired) electrons. The van der Waals surface area contributed by atoms with Crippen molar-refractivity contribution in [2.45, 2.75) is 19.8 Å². The second-order valence-electron chi connectivity index (χ2n) is 4.04. The van der Waals surface area contributed by atoms with Gasteiger partial charge in [0.1, 0.15) is 0 Å². The standard InChI is InChI=1S/C6H10.C5H5N5O.H3NO/c1-6-4-2-3-5-6;6-5-9-3-2(4(11)10-5)7-1-8-3;1-2/h2,4,6H,3,5H2,1H3;1H,(H4,6,7,8,9,10,11);2H,1H2/t6-;;/m0../s1. The third kappa shape index (κ3) is 4.19. The summed E-state index contributed by atoms with van der Waals surface area (Å²) in [5.74, 6) is 4.44. The van der Waals surface area contributed by atoms with Crippen LogP contribution in [0.25, 0.3) is 11.2 Å². The zero-order chi connectivity index (χ0) is 14.3. The van der Waals surface area contributed by atoms with Gasteiger partial charge in [-0.3, -0.25) is 9.78 Å². The van der Waals surface area contributed by atoms with E-state index in [1.165, 1.54) is 19.2 Å². The number of H-pyrrole nitrogens is 2. The number of hydrogen-bond acceptors (Lipinski definition) is 6. The average Bonchev–Trinajstić information content (AvgIpc) is 3.03. The molecule has 0 bridgehead atoms. The molecule has 0 saturated carbocycles. The van der Waals surface area contributed by atoms with Crippen LogP contribution in [0.4, 0.5) is 5.95 Å². The summed E-state index contributed by atoms with van der Waals surface area (Å²) in [5, 5.41) is 6.50. The van der Waals surface area contributed by atoms with Crippen LogP contribution in [-0.2, 0) is 0 Å². The molecule has 2 heterocycles. The lowest BCUT2D eigenvalue weighted by Crippen LogP contribution is -2.10. The number of anilines is 1. The summed E-state index contributed by atoms with van der Waals surface area (Å²) in [4.78, 5) is 23.5. The molecule has 104 valence electrons. The Kier molecular flexibility index (Phi) is 5.71. The Morgan fingerprint density at radius 2 is 2.21 bits per heavy atom. The Morgan fingerprint density at radius 3 is 2.74 bits per heavy atom. The van der Waals surface area contributed by atoms with Crippen molar-refractivity contribution < 1.29 is 5.21 Å². The predicted molar refractivity (Wildman–Crippen MR) is 72.4 cm³/mol. The SMILES string of the molecule is C[C@H]1C=CCC1.NO.Nc1nc2nc[nH]c2c(=O)[nH]1. The highest BCUT2D eigenvalue weighted by atomic mass is 16.4. The van der Waals surface area contributed by atoms with Gasteiger partial charge in [0.05, 0.1) is 6.33 Å². The Labute approximate surface area is 109 Å². The molecule has 8 heteroatoms. The minimum atomic E-state index is -0.301. The maximum absolute atomic E-state index is 11.0. The second kappa shape index (κ2) is 7.29. The van der Waals surface area contributed by atoms with Gasteiger partial charge in [-0.15, -0.1) is 0 Å². The molecule has 0 fully saturated rings. The second-order valence-corrected chi connectivity index (χ2v) is 4.04. The van der Waals surface area contributed by atoms with Crippen molar-refractivity contribution in [1.29, 1.82) is 0 Å². The van der Waals surface area contributed by atoms with Crippen LogP contribution in [0.1, 0.15) is 19.8 Å². The number of rotatable bonds is 0. The summed E-state index contributed by atoms with van der Waals surface area (Å²) in [6.45, 7) is 2.25. The fourth-order valence-electron chi connectivity index (χ4n) is 1.64. The van der Waals surface area contributed by atoms with E-state index in [-0.39, 0.29) is 11.5 Å². The third-order valence-corrected chi connectivity index (χ3v) is 2.57. The van der Waals surface area contributed by atoms with Gasteiger partial charge in [-0.1, -0.05) is 19.1 Å². The summed E-state index contributed by atoms with van der Waals surface area (Å²) in [6, 6.07) is 0. The van der Waals surface area contributed by atoms with E-state index in [1.54, 1.807) is 0 Å². The van der Waals surface area contributed by atoms with Crippen molar-refractivity contribution in [2.75, 3.05) is 5.73 Å². The van der Waals surface area contributed by atoms with Gasteiger partial charge < -0.3 is 15.9 Å². The van der Waals surface area contributed by atoms with Gasteiger partial charge in [0, 0.05) is 0 Å². The molecule has 0 spiro atoms. The molecule has 8 nitrogen and oxygen atoms in total. The maximum Gasteiger partial charge on any atom is 0.278 e. The van der Waals surface area contributed by atoms with Gasteiger partial charge in [0.25, 0.3) is 5.56 Å². The van der Waals surface area contributed by atoms with Crippen LogP contribution in [0.5, 0.6) is 0 Å². The molecule has 0 amide bonds. The zero-order valence-electron chi connectivity index (χ0n) is 10.6. The van der Waals surface area contributed by atoms with Gasteiger partial charge in [0.15, 0.2) is 11.2 Å². The minimum absolute atomic E-state index is 0.0783. The van der Waals surface area contributed by atoms with E-state index in [4.69, 9.17) is 10.9 Å². The van der Waals surface area contributed by atoms with E-state index in [2.05, 4.69) is 44.9 Å². The minimum Gasteiger partial charge on any atom is -0.369 e. The number of allylic oxidation sites excluding steroid dienone is 2. The summed E-state index contributed by atoms with van der Waals surface area (Å²) < 4.78 is 0. The van der Waals surface area contributed by atoms with Crippen LogP contribution in [0.2, 0.25) is 0 Å². The normalized spacial score (nSPS) is 16.5. The third-order valence-electron chi connectivity index (χ3n) is 2.57. The number of nitrogens with two attached hydrogens (primary N) is 2. The quantitative estimate of drug-likeness (QED) is 0.347. The van der Waals surface area contributed by atoms with E-state index in [0.29, 0.717) is 11.2 Å². The number of nitrogens with one attached hydrogen (secondary N) is 2. The summed E-state index contributed by atoms with van der Waals surface area (Å²) in [7, 11) is 0. The van der Waals surface area contributed by atoms with E-state index in [0.717, 1.165) is 5.92 Å². The lowest BCUT2D eigenvalue weighted by Gasteiger charge is -1.89. The Hall–Kier alpha value is -2.19. The number of nitrogen functional groups attached to an aromatic ring is 1. The molecule has 0 aliphatic heterocycles.